The number of fused-ring (bicyclic) bond motifs is 2. The highest BCUT2D eigenvalue weighted by molar-refractivity contribution is 5.76. The van der Waals surface area contributed by atoms with E-state index in [9.17, 15) is 9.59 Å². The van der Waals surface area contributed by atoms with Crippen LogP contribution in [0.25, 0.3) is 0 Å². The summed E-state index contributed by atoms with van der Waals surface area (Å²) >= 11 is 0. The van der Waals surface area contributed by atoms with Gasteiger partial charge in [-0.1, -0.05) is 24.3 Å². The van der Waals surface area contributed by atoms with Gasteiger partial charge in [0.2, 0.25) is 0 Å². The van der Waals surface area contributed by atoms with Crippen molar-refractivity contribution in [3.63, 3.8) is 0 Å². The zero-order valence-electron chi connectivity index (χ0n) is 13.1. The third kappa shape index (κ3) is 4.29. The molecule has 3 nitrogen and oxygen atoms in total. The van der Waals surface area contributed by atoms with Crippen molar-refractivity contribution in [3.05, 3.63) is 24.3 Å². The molecule has 2 aliphatic carbocycles. The van der Waals surface area contributed by atoms with E-state index >= 15 is 0 Å². The van der Waals surface area contributed by atoms with Crippen LogP contribution in [-0.2, 0) is 14.3 Å². The monoisotopic (exact) mass is 290 g/mol. The molecule has 4 unspecified atom stereocenters. The molecule has 2 aliphatic rings. The topological polar surface area (TPSA) is 43.4 Å². The zero-order valence-corrected chi connectivity index (χ0v) is 13.1. The Balaban J connectivity index is 1.75. The second-order valence-electron chi connectivity index (χ2n) is 6.36. The minimum Gasteiger partial charge on any atom is -0.469 e. The van der Waals surface area contributed by atoms with Crippen LogP contribution < -0.4 is 0 Å². The van der Waals surface area contributed by atoms with Gasteiger partial charge in [0, 0.05) is 12.8 Å². The Morgan fingerprint density at radius 2 is 1.90 bits per heavy atom. The fraction of sp³-hybridized carbons (Fsp3) is 0.667. The molecular weight excluding hydrogens is 264 g/mol. The van der Waals surface area contributed by atoms with Gasteiger partial charge in [-0.2, -0.15) is 0 Å². The van der Waals surface area contributed by atoms with Crippen molar-refractivity contribution in [2.45, 2.75) is 45.4 Å². The maximum Gasteiger partial charge on any atom is 0.305 e. The number of allylic oxidation sites excluding steroid dienone is 4. The molecule has 21 heavy (non-hydrogen) atoms. The van der Waals surface area contributed by atoms with Crippen molar-refractivity contribution >= 4 is 11.8 Å². The first-order valence-electron chi connectivity index (χ1n) is 8.01. The third-order valence-corrected chi connectivity index (χ3v) is 4.88. The van der Waals surface area contributed by atoms with Crippen LogP contribution in [0.1, 0.15) is 45.4 Å². The molecule has 116 valence electrons. The molecule has 0 aromatic heterocycles. The lowest BCUT2D eigenvalue weighted by atomic mass is 9.78. The summed E-state index contributed by atoms with van der Waals surface area (Å²) in [6.07, 6.45) is 14.3. The number of ether oxygens (including phenoxy) is 1. The van der Waals surface area contributed by atoms with Crippen LogP contribution >= 0.6 is 0 Å². The smallest absolute Gasteiger partial charge is 0.305 e. The minimum absolute atomic E-state index is 0.136. The Kier molecular flexibility index (Phi) is 5.77. The Morgan fingerprint density at radius 3 is 2.57 bits per heavy atom. The van der Waals surface area contributed by atoms with Gasteiger partial charge in [0.25, 0.3) is 0 Å². The molecule has 0 saturated heterocycles. The number of hydrogen-bond acceptors (Lipinski definition) is 3. The average molecular weight is 290 g/mol. The first-order chi connectivity index (χ1) is 10.1. The third-order valence-electron chi connectivity index (χ3n) is 4.88. The first-order valence-corrected chi connectivity index (χ1v) is 8.01. The minimum atomic E-state index is -0.136. The summed E-state index contributed by atoms with van der Waals surface area (Å²) in [5.74, 6) is 2.63. The second kappa shape index (κ2) is 7.58. The largest absolute Gasteiger partial charge is 0.469 e. The van der Waals surface area contributed by atoms with E-state index in [1.807, 2.05) is 0 Å². The molecule has 0 aromatic rings. The Labute approximate surface area is 127 Å². The van der Waals surface area contributed by atoms with Crippen molar-refractivity contribution in [3.8, 4) is 0 Å². The molecule has 1 saturated carbocycles. The van der Waals surface area contributed by atoms with E-state index in [0.29, 0.717) is 35.9 Å². The molecule has 4 atom stereocenters. The molecule has 0 N–H and O–H groups in total. The summed E-state index contributed by atoms with van der Waals surface area (Å²) in [5.41, 5.74) is 0. The summed E-state index contributed by atoms with van der Waals surface area (Å²) in [6, 6.07) is 0. The molecule has 0 aromatic carbocycles. The van der Waals surface area contributed by atoms with Crippen LogP contribution in [0.3, 0.4) is 0 Å². The van der Waals surface area contributed by atoms with Gasteiger partial charge in [0.1, 0.15) is 5.78 Å². The Morgan fingerprint density at radius 1 is 1.19 bits per heavy atom. The van der Waals surface area contributed by atoms with Crippen LogP contribution in [0.4, 0.5) is 0 Å². The summed E-state index contributed by atoms with van der Waals surface area (Å²) < 4.78 is 4.62. The van der Waals surface area contributed by atoms with Crippen LogP contribution in [0.2, 0.25) is 0 Å². The lowest BCUT2D eigenvalue weighted by molar-refractivity contribution is -0.140. The van der Waals surface area contributed by atoms with Crippen LogP contribution in [0, 0.1) is 23.7 Å². The number of ketones is 1. The van der Waals surface area contributed by atoms with Crippen molar-refractivity contribution in [1.82, 2.24) is 0 Å². The van der Waals surface area contributed by atoms with E-state index in [1.54, 1.807) is 6.92 Å². The molecule has 2 bridgehead atoms. The molecule has 2 rings (SSSR count). The number of esters is 1. The number of rotatable bonds is 8. The van der Waals surface area contributed by atoms with Crippen molar-refractivity contribution in [2.24, 2.45) is 23.7 Å². The van der Waals surface area contributed by atoms with Crippen LogP contribution in [0.15, 0.2) is 24.3 Å². The number of Topliss-reactive ketones (excluding diaryl/α,β-unsaturated/α-hetero) is 1. The van der Waals surface area contributed by atoms with Crippen molar-refractivity contribution < 1.29 is 14.3 Å². The van der Waals surface area contributed by atoms with E-state index in [2.05, 4.69) is 29.0 Å². The summed E-state index contributed by atoms with van der Waals surface area (Å²) in [6.45, 7) is 1.70. The predicted octanol–water partition coefficient (Wildman–Crippen LogP) is 3.69. The van der Waals surface area contributed by atoms with E-state index in [1.165, 1.54) is 13.5 Å². The Hall–Kier alpha value is -1.38. The van der Waals surface area contributed by atoms with Gasteiger partial charge in [-0.3, -0.25) is 4.79 Å². The molecule has 0 amide bonds. The van der Waals surface area contributed by atoms with Gasteiger partial charge in [0.05, 0.1) is 7.11 Å². The molecule has 3 heteroatoms. The predicted molar refractivity (Wildman–Crippen MR) is 82.6 cm³/mol. The second-order valence-corrected chi connectivity index (χ2v) is 6.36. The fourth-order valence-electron chi connectivity index (χ4n) is 3.85. The molecular formula is C18H26O3. The average Bonchev–Trinajstić information content (AvgIpc) is 3.04. The number of unbranched alkanes of at least 4 members (excludes halogenated alkanes) is 1. The highest BCUT2D eigenvalue weighted by atomic mass is 16.5. The lowest BCUT2D eigenvalue weighted by Crippen LogP contribution is -2.21. The highest BCUT2D eigenvalue weighted by Crippen LogP contribution is 2.50. The maximum atomic E-state index is 11.4. The molecule has 1 fully saturated rings. The Bertz CT molecular complexity index is 436. The zero-order chi connectivity index (χ0) is 15.2. The van der Waals surface area contributed by atoms with Gasteiger partial charge in [-0.05, 0) is 56.3 Å². The summed E-state index contributed by atoms with van der Waals surface area (Å²) in [5, 5.41) is 0. The number of methoxy groups -OCH3 is 1. The maximum absolute atomic E-state index is 11.4. The number of carbonyl (C=O) groups is 2. The van der Waals surface area contributed by atoms with E-state index in [4.69, 9.17) is 0 Å². The summed E-state index contributed by atoms with van der Waals surface area (Å²) in [4.78, 5) is 22.4. The molecule has 0 aliphatic heterocycles. The SMILES string of the molecule is COC(=O)CCC/C=C\CC1C2C=CC(C2)C1CC(C)=O. The van der Waals surface area contributed by atoms with Gasteiger partial charge in [-0.15, -0.1) is 0 Å². The van der Waals surface area contributed by atoms with Crippen LogP contribution in [0.5, 0.6) is 0 Å². The van der Waals surface area contributed by atoms with Crippen molar-refractivity contribution in [1.29, 1.82) is 0 Å². The molecule has 0 heterocycles. The van der Waals surface area contributed by atoms with Crippen molar-refractivity contribution in [2.75, 3.05) is 7.11 Å². The summed E-state index contributed by atoms with van der Waals surface area (Å²) in [7, 11) is 1.43. The van der Waals surface area contributed by atoms with E-state index < -0.39 is 0 Å². The quantitative estimate of drug-likeness (QED) is 0.389. The van der Waals surface area contributed by atoms with Gasteiger partial charge < -0.3 is 9.53 Å². The molecule has 0 radical (unpaired) electrons. The van der Waals surface area contributed by atoms with E-state index in [-0.39, 0.29) is 5.97 Å². The van der Waals surface area contributed by atoms with Crippen LogP contribution in [-0.4, -0.2) is 18.9 Å². The van der Waals surface area contributed by atoms with Gasteiger partial charge in [-0.25, -0.2) is 0 Å². The standard InChI is InChI=1S/C18H26O3/c1-13(19)11-17-15-10-9-14(12-15)16(17)7-5-3-4-6-8-18(20)21-2/h3,5,9-10,14-17H,4,6-8,11-12H2,1-2H3/b5-3-. The number of carbonyl (C=O) groups excluding carboxylic acids is 2. The van der Waals surface area contributed by atoms with Gasteiger partial charge >= 0.3 is 5.97 Å². The lowest BCUT2D eigenvalue weighted by Gasteiger charge is -2.26. The van der Waals surface area contributed by atoms with E-state index in [0.717, 1.165) is 25.7 Å². The number of hydrogen-bond donors (Lipinski definition) is 0. The first kappa shape index (κ1) is 16.0. The normalized spacial score (nSPS) is 30.2. The van der Waals surface area contributed by atoms with Gasteiger partial charge in [0.15, 0.2) is 0 Å². The fourth-order valence-corrected chi connectivity index (χ4v) is 3.85. The molecule has 0 spiro atoms. The highest BCUT2D eigenvalue weighted by Gasteiger charge is 2.43.